The van der Waals surface area contributed by atoms with Crippen molar-refractivity contribution in [2.45, 2.75) is 25.7 Å². The lowest BCUT2D eigenvalue weighted by Crippen LogP contribution is -2.27. The number of pyridine rings is 1. The van der Waals surface area contributed by atoms with Crippen LogP contribution in [0.25, 0.3) is 5.57 Å². The minimum Gasteiger partial charge on any atom is -0.366 e. The molecule has 4 heteroatoms. The van der Waals surface area contributed by atoms with Gasteiger partial charge in [0.2, 0.25) is 5.91 Å². The van der Waals surface area contributed by atoms with Crippen LogP contribution in [0.3, 0.4) is 0 Å². The summed E-state index contributed by atoms with van der Waals surface area (Å²) >= 11 is 0. The van der Waals surface area contributed by atoms with E-state index < -0.39 is 0 Å². The second-order valence-electron chi connectivity index (χ2n) is 7.03. The van der Waals surface area contributed by atoms with Crippen molar-refractivity contribution in [1.82, 2.24) is 9.88 Å². The Labute approximate surface area is 148 Å². The molecule has 0 bridgehead atoms. The molecule has 1 fully saturated rings. The number of primary amides is 1. The van der Waals surface area contributed by atoms with Crippen molar-refractivity contribution in [2.24, 2.45) is 5.73 Å². The standard InChI is InChI=1S/C21H23N3O/c1-24-11-8-14(9-12-24)19-18-7-6-17(21(22)25)13-16(18)5-4-15-3-2-10-23-20(15)19/h2-3,6-7,10,13H,4-5,8-9,11-12H2,1H3,(H2,22,25). The van der Waals surface area contributed by atoms with E-state index in [0.717, 1.165) is 44.5 Å². The maximum absolute atomic E-state index is 11.6. The van der Waals surface area contributed by atoms with Crippen molar-refractivity contribution < 1.29 is 4.79 Å². The van der Waals surface area contributed by atoms with Crippen molar-refractivity contribution in [2.75, 3.05) is 20.1 Å². The Balaban J connectivity index is 1.92. The average Bonchev–Trinajstić information content (AvgIpc) is 2.79. The molecule has 4 rings (SSSR count). The van der Waals surface area contributed by atoms with Gasteiger partial charge in [-0.15, -0.1) is 0 Å². The molecule has 4 nitrogen and oxygen atoms in total. The number of nitrogens with two attached hydrogens (primary N) is 1. The maximum atomic E-state index is 11.6. The monoisotopic (exact) mass is 333 g/mol. The number of rotatable bonds is 1. The third-order valence-corrected chi connectivity index (χ3v) is 5.40. The van der Waals surface area contributed by atoms with Gasteiger partial charge in [-0.05, 0) is 67.6 Å². The molecule has 1 aliphatic carbocycles. The molecule has 2 heterocycles. The van der Waals surface area contributed by atoms with E-state index in [-0.39, 0.29) is 5.91 Å². The van der Waals surface area contributed by atoms with Gasteiger partial charge in [0, 0.05) is 30.4 Å². The molecule has 2 aliphatic rings. The number of carbonyl (C=O) groups excluding carboxylic acids is 1. The minimum atomic E-state index is -0.365. The zero-order valence-electron chi connectivity index (χ0n) is 14.6. The van der Waals surface area contributed by atoms with E-state index in [1.165, 1.54) is 27.8 Å². The summed E-state index contributed by atoms with van der Waals surface area (Å²) in [6.45, 7) is 2.16. The lowest BCUT2D eigenvalue weighted by Gasteiger charge is -2.27. The highest BCUT2D eigenvalue weighted by Crippen LogP contribution is 2.37. The van der Waals surface area contributed by atoms with Crippen LogP contribution >= 0.6 is 0 Å². The number of fused-ring (bicyclic) bond motifs is 2. The summed E-state index contributed by atoms with van der Waals surface area (Å²) in [7, 11) is 2.17. The van der Waals surface area contributed by atoms with Crippen LogP contribution in [-0.2, 0) is 12.8 Å². The van der Waals surface area contributed by atoms with Crippen LogP contribution in [0.1, 0.15) is 45.6 Å². The van der Waals surface area contributed by atoms with E-state index >= 15 is 0 Å². The van der Waals surface area contributed by atoms with Crippen LogP contribution in [0.15, 0.2) is 42.1 Å². The Hall–Kier alpha value is -2.46. The molecule has 0 radical (unpaired) electrons. The normalized spacial score (nSPS) is 17.6. The summed E-state index contributed by atoms with van der Waals surface area (Å²) in [4.78, 5) is 18.7. The van der Waals surface area contributed by atoms with Crippen molar-refractivity contribution >= 4 is 11.5 Å². The molecule has 1 aromatic carbocycles. The largest absolute Gasteiger partial charge is 0.366 e. The van der Waals surface area contributed by atoms with Gasteiger partial charge in [0.25, 0.3) is 0 Å². The Kier molecular flexibility index (Phi) is 4.14. The second-order valence-corrected chi connectivity index (χ2v) is 7.03. The van der Waals surface area contributed by atoms with Crippen LogP contribution in [0.4, 0.5) is 0 Å². The first kappa shape index (κ1) is 16.0. The number of amides is 1. The number of aromatic nitrogens is 1. The fourth-order valence-electron chi connectivity index (χ4n) is 3.96. The molecular formula is C21H23N3O. The number of hydrogen-bond acceptors (Lipinski definition) is 3. The lowest BCUT2D eigenvalue weighted by molar-refractivity contribution is 0.1000. The number of nitrogens with zero attached hydrogens (tertiary/aromatic N) is 2. The second kappa shape index (κ2) is 6.45. The van der Waals surface area contributed by atoms with Crippen molar-refractivity contribution in [1.29, 1.82) is 0 Å². The van der Waals surface area contributed by atoms with Crippen LogP contribution < -0.4 is 5.73 Å². The highest BCUT2D eigenvalue weighted by molar-refractivity contribution is 5.94. The molecule has 0 atom stereocenters. The number of likely N-dealkylation sites (tertiary alicyclic amines) is 1. The third kappa shape index (κ3) is 2.98. The molecule has 25 heavy (non-hydrogen) atoms. The molecule has 128 valence electrons. The first-order valence-electron chi connectivity index (χ1n) is 8.91. The van der Waals surface area contributed by atoms with E-state index in [1.54, 1.807) is 0 Å². The molecule has 1 saturated heterocycles. The van der Waals surface area contributed by atoms with Crippen LogP contribution in [0, 0.1) is 0 Å². The van der Waals surface area contributed by atoms with Gasteiger partial charge in [-0.1, -0.05) is 17.7 Å². The SMILES string of the molecule is CN1CCC(=C2c3ccc(C(N)=O)cc3CCc3cccnc32)CC1. The number of carbonyl (C=O) groups is 1. The van der Waals surface area contributed by atoms with E-state index in [4.69, 9.17) is 10.7 Å². The van der Waals surface area contributed by atoms with Crippen LogP contribution in [-0.4, -0.2) is 35.9 Å². The number of aryl methyl sites for hydroxylation is 2. The van der Waals surface area contributed by atoms with Gasteiger partial charge < -0.3 is 10.6 Å². The molecule has 0 unspecified atom stereocenters. The van der Waals surface area contributed by atoms with E-state index in [9.17, 15) is 4.79 Å². The number of piperidine rings is 1. The fraction of sp³-hybridized carbons (Fsp3) is 0.333. The van der Waals surface area contributed by atoms with Crippen LogP contribution in [0.2, 0.25) is 0 Å². The Bertz CT molecular complexity index is 859. The summed E-state index contributed by atoms with van der Waals surface area (Å²) in [6, 6.07) is 10.1. The zero-order valence-corrected chi connectivity index (χ0v) is 14.6. The molecule has 1 aromatic heterocycles. The molecule has 1 aliphatic heterocycles. The maximum Gasteiger partial charge on any atom is 0.248 e. The van der Waals surface area contributed by atoms with Crippen molar-refractivity contribution in [3.05, 3.63) is 70.0 Å². The van der Waals surface area contributed by atoms with E-state index in [2.05, 4.69) is 24.1 Å². The topological polar surface area (TPSA) is 59.2 Å². The molecule has 2 aromatic rings. The van der Waals surface area contributed by atoms with Crippen molar-refractivity contribution in [3.8, 4) is 0 Å². The van der Waals surface area contributed by atoms with Gasteiger partial charge in [-0.2, -0.15) is 0 Å². The van der Waals surface area contributed by atoms with E-state index in [0.29, 0.717) is 5.56 Å². The zero-order chi connectivity index (χ0) is 17.4. The van der Waals surface area contributed by atoms with Gasteiger partial charge in [-0.25, -0.2) is 0 Å². The quantitative estimate of drug-likeness (QED) is 0.873. The number of benzene rings is 1. The molecule has 2 N–H and O–H groups in total. The molecular weight excluding hydrogens is 310 g/mol. The van der Waals surface area contributed by atoms with Gasteiger partial charge in [0.05, 0.1) is 5.69 Å². The lowest BCUT2D eigenvalue weighted by atomic mass is 9.88. The Morgan fingerprint density at radius 2 is 1.84 bits per heavy atom. The fourth-order valence-corrected chi connectivity index (χ4v) is 3.96. The molecule has 0 saturated carbocycles. The van der Waals surface area contributed by atoms with Gasteiger partial charge in [0.15, 0.2) is 0 Å². The minimum absolute atomic E-state index is 0.365. The van der Waals surface area contributed by atoms with Gasteiger partial charge >= 0.3 is 0 Å². The molecule has 0 spiro atoms. The van der Waals surface area contributed by atoms with Crippen molar-refractivity contribution in [3.63, 3.8) is 0 Å². The highest BCUT2D eigenvalue weighted by Gasteiger charge is 2.24. The van der Waals surface area contributed by atoms with E-state index in [1.807, 2.05) is 24.4 Å². The predicted molar refractivity (Wildman–Crippen MR) is 99.4 cm³/mol. The Morgan fingerprint density at radius 1 is 1.08 bits per heavy atom. The first-order chi connectivity index (χ1) is 12.1. The third-order valence-electron chi connectivity index (χ3n) is 5.40. The first-order valence-corrected chi connectivity index (χ1v) is 8.91. The van der Waals surface area contributed by atoms with Crippen LogP contribution in [0.5, 0.6) is 0 Å². The Morgan fingerprint density at radius 3 is 2.60 bits per heavy atom. The highest BCUT2D eigenvalue weighted by atomic mass is 16.1. The summed E-state index contributed by atoms with van der Waals surface area (Å²) in [6.07, 6.45) is 5.87. The number of hydrogen-bond donors (Lipinski definition) is 1. The predicted octanol–water partition coefficient (Wildman–Crippen LogP) is 2.81. The van der Waals surface area contributed by atoms with Gasteiger partial charge in [-0.3, -0.25) is 9.78 Å². The summed E-state index contributed by atoms with van der Waals surface area (Å²) in [5, 5.41) is 0. The molecule has 1 amide bonds. The van der Waals surface area contributed by atoms with Gasteiger partial charge in [0.1, 0.15) is 0 Å². The summed E-state index contributed by atoms with van der Waals surface area (Å²) in [5.41, 5.74) is 13.7. The average molecular weight is 333 g/mol. The summed E-state index contributed by atoms with van der Waals surface area (Å²) in [5.74, 6) is -0.365. The summed E-state index contributed by atoms with van der Waals surface area (Å²) < 4.78 is 0. The smallest absolute Gasteiger partial charge is 0.248 e.